The molecule has 6 rings (SSSR count). The largest absolute Gasteiger partial charge is 0.478 e. The Kier molecular flexibility index (Phi) is 5.62. The van der Waals surface area contributed by atoms with Crippen molar-refractivity contribution in [1.82, 2.24) is 24.7 Å². The normalized spacial score (nSPS) is 19.2. The number of anilines is 1. The van der Waals surface area contributed by atoms with Crippen molar-refractivity contribution in [3.8, 4) is 0 Å². The van der Waals surface area contributed by atoms with E-state index in [-0.39, 0.29) is 23.6 Å². The zero-order chi connectivity index (χ0) is 25.7. The van der Waals surface area contributed by atoms with Crippen LogP contribution >= 0.6 is 0 Å². The molecule has 0 aliphatic carbocycles. The Morgan fingerprint density at radius 2 is 1.86 bits per heavy atom. The van der Waals surface area contributed by atoms with E-state index in [4.69, 9.17) is 0 Å². The van der Waals surface area contributed by atoms with Gasteiger partial charge in [-0.2, -0.15) is 10.2 Å². The topological polar surface area (TPSA) is 105 Å². The molecule has 0 spiro atoms. The van der Waals surface area contributed by atoms with Gasteiger partial charge in [-0.05, 0) is 49.6 Å². The molecule has 1 amide bonds. The van der Waals surface area contributed by atoms with E-state index in [0.717, 1.165) is 24.2 Å². The molecule has 1 saturated heterocycles. The first-order chi connectivity index (χ1) is 17.9. The number of carboxylic acid groups (broad SMARTS) is 1. The fourth-order valence-corrected chi connectivity index (χ4v) is 5.49. The quantitative estimate of drug-likeness (QED) is 0.429. The van der Waals surface area contributed by atoms with Gasteiger partial charge in [0.05, 0.1) is 35.2 Å². The third-order valence-electron chi connectivity index (χ3n) is 7.29. The Bertz CT molecular complexity index is 1530. The van der Waals surface area contributed by atoms with E-state index < -0.39 is 17.6 Å². The summed E-state index contributed by atoms with van der Waals surface area (Å²) in [6, 6.07) is 6.66. The maximum atomic E-state index is 14.5. The van der Waals surface area contributed by atoms with Crippen LogP contribution in [0.5, 0.6) is 0 Å². The van der Waals surface area contributed by atoms with E-state index in [1.54, 1.807) is 15.4 Å². The minimum absolute atomic E-state index is 0.148. The van der Waals surface area contributed by atoms with Crippen LogP contribution in [0.15, 0.2) is 48.9 Å². The maximum Gasteiger partial charge on any atom is 0.339 e. The van der Waals surface area contributed by atoms with Gasteiger partial charge in [0, 0.05) is 43.0 Å². The molecule has 2 atom stereocenters. The van der Waals surface area contributed by atoms with Crippen molar-refractivity contribution in [2.24, 2.45) is 0 Å². The summed E-state index contributed by atoms with van der Waals surface area (Å²) in [5, 5.41) is 20.9. The molecule has 3 aromatic heterocycles. The Balaban J connectivity index is 1.25. The molecule has 2 aliphatic heterocycles. The number of carbonyl (C=O) groups excluding carboxylic acids is 1. The molecule has 0 bridgehead atoms. The van der Waals surface area contributed by atoms with Crippen LogP contribution in [0, 0.1) is 11.6 Å². The van der Waals surface area contributed by atoms with Gasteiger partial charge in [-0.15, -0.1) is 0 Å². The molecule has 2 N–H and O–H groups in total. The lowest BCUT2D eigenvalue weighted by Crippen LogP contribution is -2.40. The van der Waals surface area contributed by atoms with Gasteiger partial charge in [0.15, 0.2) is 0 Å². The summed E-state index contributed by atoms with van der Waals surface area (Å²) in [7, 11) is 0. The first kappa shape index (κ1) is 23.1. The summed E-state index contributed by atoms with van der Waals surface area (Å²) in [5.74, 6) is -2.27. The summed E-state index contributed by atoms with van der Waals surface area (Å²) in [5.41, 5.74) is 2.83. The highest BCUT2D eigenvalue weighted by Gasteiger charge is 2.30. The molecule has 37 heavy (non-hydrogen) atoms. The predicted molar refractivity (Wildman–Crippen MR) is 130 cm³/mol. The molecular formula is C26H24F2N6O3. The number of carboxylic acids is 1. The van der Waals surface area contributed by atoms with Gasteiger partial charge in [0.1, 0.15) is 17.2 Å². The summed E-state index contributed by atoms with van der Waals surface area (Å²) in [6.45, 7) is 1.19. The molecule has 11 heteroatoms. The lowest BCUT2D eigenvalue weighted by molar-refractivity contribution is 0.0695. The molecule has 0 saturated carbocycles. The summed E-state index contributed by atoms with van der Waals surface area (Å²) in [6.07, 6.45) is 7.10. The fourth-order valence-electron chi connectivity index (χ4n) is 5.49. The number of fused-ring (bicyclic) bond motifs is 2. The standard InChI is InChI=1S/C26H24F2N6O3/c27-15-3-4-21(28)18(10-15)22-2-1-7-32(22)17-6-9-34-24(12-17)19(13-29-34)25(35)31-16-5-8-33-23(11-16)20(14-30-33)26(36)37/h3-4,6,9-10,12-14,16,22H,1-2,5,7-8,11H2,(H,31,35)(H,36,37)/t16?,22-/m1/s1. The Hall–Kier alpha value is -4.28. The van der Waals surface area contributed by atoms with Crippen molar-refractivity contribution in [2.45, 2.75) is 44.3 Å². The fraction of sp³-hybridized carbons (Fsp3) is 0.308. The van der Waals surface area contributed by atoms with Crippen molar-refractivity contribution in [2.75, 3.05) is 11.4 Å². The molecule has 9 nitrogen and oxygen atoms in total. The molecule has 0 radical (unpaired) electrons. The number of benzene rings is 1. The number of hydrogen-bond acceptors (Lipinski definition) is 5. The van der Waals surface area contributed by atoms with Gasteiger partial charge >= 0.3 is 5.97 Å². The molecule has 1 unspecified atom stereocenters. The number of aromatic carboxylic acids is 1. The molecule has 2 aliphatic rings. The third kappa shape index (κ3) is 4.09. The van der Waals surface area contributed by atoms with Crippen LogP contribution in [0.3, 0.4) is 0 Å². The van der Waals surface area contributed by atoms with Gasteiger partial charge in [-0.1, -0.05) is 0 Å². The van der Waals surface area contributed by atoms with Crippen LogP contribution in [0.4, 0.5) is 14.5 Å². The van der Waals surface area contributed by atoms with E-state index in [9.17, 15) is 23.5 Å². The van der Waals surface area contributed by atoms with E-state index in [1.807, 2.05) is 17.0 Å². The van der Waals surface area contributed by atoms with Crippen molar-refractivity contribution >= 4 is 23.1 Å². The van der Waals surface area contributed by atoms with Crippen LogP contribution < -0.4 is 10.2 Å². The number of rotatable bonds is 5. The van der Waals surface area contributed by atoms with Crippen LogP contribution in [0.2, 0.25) is 0 Å². The van der Waals surface area contributed by atoms with Crippen LogP contribution in [0.1, 0.15) is 57.3 Å². The Labute approximate surface area is 210 Å². The highest BCUT2D eigenvalue weighted by Crippen LogP contribution is 2.38. The Morgan fingerprint density at radius 1 is 1.03 bits per heavy atom. The minimum Gasteiger partial charge on any atom is -0.478 e. The smallest absolute Gasteiger partial charge is 0.339 e. The predicted octanol–water partition coefficient (Wildman–Crippen LogP) is 3.59. The van der Waals surface area contributed by atoms with Crippen LogP contribution in [-0.4, -0.2) is 49.0 Å². The molecular weight excluding hydrogens is 482 g/mol. The van der Waals surface area contributed by atoms with Crippen LogP contribution in [-0.2, 0) is 13.0 Å². The number of amides is 1. The molecule has 4 aromatic rings. The molecule has 1 fully saturated rings. The zero-order valence-corrected chi connectivity index (χ0v) is 19.8. The van der Waals surface area contributed by atoms with Crippen molar-refractivity contribution in [3.05, 3.63) is 82.9 Å². The van der Waals surface area contributed by atoms with Crippen molar-refractivity contribution in [3.63, 3.8) is 0 Å². The van der Waals surface area contributed by atoms with Gasteiger partial charge in [-0.25, -0.2) is 18.1 Å². The van der Waals surface area contributed by atoms with E-state index >= 15 is 0 Å². The summed E-state index contributed by atoms with van der Waals surface area (Å²) in [4.78, 5) is 26.8. The van der Waals surface area contributed by atoms with Crippen molar-refractivity contribution < 1.29 is 23.5 Å². The third-order valence-corrected chi connectivity index (χ3v) is 7.29. The average Bonchev–Trinajstić information content (AvgIpc) is 3.62. The van der Waals surface area contributed by atoms with Crippen LogP contribution in [0.25, 0.3) is 5.52 Å². The Morgan fingerprint density at radius 3 is 2.70 bits per heavy atom. The zero-order valence-electron chi connectivity index (χ0n) is 19.8. The first-order valence-electron chi connectivity index (χ1n) is 12.2. The van der Waals surface area contributed by atoms with Gasteiger partial charge in [-0.3, -0.25) is 9.48 Å². The second-order valence-electron chi connectivity index (χ2n) is 9.49. The van der Waals surface area contributed by atoms with E-state index in [1.165, 1.54) is 18.5 Å². The van der Waals surface area contributed by atoms with Gasteiger partial charge < -0.3 is 15.3 Å². The molecule has 1 aromatic carbocycles. The SMILES string of the molecule is O=C(O)c1cnn2c1CC(NC(=O)c1cnn3ccc(N4CCC[C@@H]4c4cc(F)ccc4F)cc13)CC2. The second-order valence-corrected chi connectivity index (χ2v) is 9.49. The lowest BCUT2D eigenvalue weighted by Gasteiger charge is -2.27. The molecule has 5 heterocycles. The number of aromatic nitrogens is 4. The number of halogens is 2. The number of hydrogen-bond donors (Lipinski definition) is 2. The molecule has 190 valence electrons. The summed E-state index contributed by atoms with van der Waals surface area (Å²) >= 11 is 0. The second kappa shape index (κ2) is 8.99. The number of nitrogens with zero attached hydrogens (tertiary/aromatic N) is 5. The number of pyridine rings is 1. The minimum atomic E-state index is -1.04. The van der Waals surface area contributed by atoms with E-state index in [2.05, 4.69) is 15.5 Å². The maximum absolute atomic E-state index is 14.5. The highest BCUT2D eigenvalue weighted by molar-refractivity contribution is 6.01. The average molecular weight is 507 g/mol. The van der Waals surface area contributed by atoms with E-state index in [0.29, 0.717) is 54.7 Å². The highest BCUT2D eigenvalue weighted by atomic mass is 19.1. The first-order valence-corrected chi connectivity index (χ1v) is 12.2. The van der Waals surface area contributed by atoms with Crippen molar-refractivity contribution in [1.29, 1.82) is 0 Å². The number of nitrogens with one attached hydrogen (secondary N) is 1. The number of carbonyl (C=O) groups is 2. The van der Waals surface area contributed by atoms with Gasteiger partial charge in [0.2, 0.25) is 0 Å². The summed E-state index contributed by atoms with van der Waals surface area (Å²) < 4.78 is 31.7. The lowest BCUT2D eigenvalue weighted by atomic mass is 10.0. The number of aryl methyl sites for hydroxylation is 1. The van der Waals surface area contributed by atoms with Gasteiger partial charge in [0.25, 0.3) is 5.91 Å². The monoisotopic (exact) mass is 506 g/mol.